The first-order valence-corrected chi connectivity index (χ1v) is 18.0. The Labute approximate surface area is 294 Å². The minimum atomic E-state index is -1.44. The highest BCUT2D eigenvalue weighted by Gasteiger charge is 2.52. The molecule has 5 amide bonds. The third kappa shape index (κ3) is 8.83. The van der Waals surface area contributed by atoms with E-state index in [2.05, 4.69) is 9.97 Å². The van der Waals surface area contributed by atoms with Crippen LogP contribution in [-0.4, -0.2) is 86.9 Å². The summed E-state index contributed by atoms with van der Waals surface area (Å²) >= 11 is 0. The molecule has 5 rings (SSSR count). The minimum absolute atomic E-state index is 0.0200. The van der Waals surface area contributed by atoms with Gasteiger partial charge in [-0.25, -0.2) is 4.98 Å². The van der Waals surface area contributed by atoms with Gasteiger partial charge in [-0.15, -0.1) is 0 Å². The second kappa shape index (κ2) is 15.8. The Morgan fingerprint density at radius 3 is 2.31 bits per heavy atom. The fraction of sp³-hybridized carbons (Fsp3) is 0.722. The van der Waals surface area contributed by atoms with Gasteiger partial charge in [0.15, 0.2) is 5.65 Å². The van der Waals surface area contributed by atoms with E-state index in [1.54, 1.807) is 27.7 Å². The predicted molar refractivity (Wildman–Crippen MR) is 181 cm³/mol. The largest absolute Gasteiger partial charge is 0.347 e. The number of aromatic nitrogens is 2. The Bertz CT molecular complexity index is 1540. The summed E-state index contributed by atoms with van der Waals surface area (Å²) in [6.45, 7) is 7.00. The number of rotatable bonds is 13. The maximum atomic E-state index is 14.8. The molecule has 0 spiro atoms. The molecule has 13 nitrogen and oxygen atoms in total. The fourth-order valence-electron chi connectivity index (χ4n) is 7.58. The van der Waals surface area contributed by atoms with E-state index in [-0.39, 0.29) is 36.5 Å². The monoisotopic (exact) mass is 683 g/mol. The van der Waals surface area contributed by atoms with Gasteiger partial charge < -0.3 is 26.1 Å². The number of Topliss-reactive ketones (excluding diaryl/α,β-unsaturated/α-hetero) is 1. The number of hydrogen-bond donors (Lipinski definition) is 4. The van der Waals surface area contributed by atoms with E-state index in [9.17, 15) is 30.2 Å². The number of nitrogens with zero attached hydrogens (tertiary/aromatic N) is 3. The molecular weight excluding hydrogens is 626 g/mol. The van der Waals surface area contributed by atoms with Crippen molar-refractivity contribution in [2.45, 2.75) is 135 Å². The van der Waals surface area contributed by atoms with Gasteiger partial charge in [0.05, 0.1) is 12.2 Å². The summed E-state index contributed by atoms with van der Waals surface area (Å²) in [5.74, 6) is -6.20. The number of ketones is 1. The third-order valence-corrected chi connectivity index (χ3v) is 10.3. The van der Waals surface area contributed by atoms with Crippen molar-refractivity contribution >= 4 is 35.3 Å². The lowest BCUT2D eigenvalue weighted by Gasteiger charge is -2.38. The summed E-state index contributed by atoms with van der Waals surface area (Å²) in [5, 5.41) is 2.28. The molecule has 49 heavy (non-hydrogen) atoms. The smallest absolute Gasteiger partial charge is 0.289 e. The first-order valence-electron chi connectivity index (χ1n) is 19.8. The number of nitrogens with one attached hydrogen (secondary N) is 4. The van der Waals surface area contributed by atoms with Gasteiger partial charge in [0.1, 0.15) is 23.8 Å². The van der Waals surface area contributed by atoms with Crippen LogP contribution in [0.4, 0.5) is 0 Å². The van der Waals surface area contributed by atoms with Crippen LogP contribution in [0.5, 0.6) is 0 Å². The molecule has 2 heterocycles. The molecule has 0 radical (unpaired) electrons. The third-order valence-electron chi connectivity index (χ3n) is 10.3. The topological polar surface area (TPSA) is 180 Å². The SMILES string of the molecule is [2H]N(C(=O)C(=O)[C@H](CCC)N([2H])C(=O)[C@@H]1[C@H]2CCC[C@H]2CN1C(=O)[C@@H](N([2H])C(=O)[C@H](C1CCCCC1)N([2H])C(=O)c1cnccn1)C(C)(C)C)C1CC1. The van der Waals surface area contributed by atoms with Crippen LogP contribution < -0.4 is 21.2 Å². The van der Waals surface area contributed by atoms with E-state index >= 15 is 0 Å². The van der Waals surface area contributed by atoms with Crippen LogP contribution in [-0.2, 0) is 24.0 Å². The minimum Gasteiger partial charge on any atom is -0.347 e. The maximum Gasteiger partial charge on any atom is 0.289 e. The molecule has 6 atom stereocenters. The normalized spacial score (nSPS) is 25.4. The standard InChI is InChI=1S/C36H53N7O6/c1-5-10-25(29(44)34(48)39-23-15-16-23)40-33(47)28-24-14-9-13-22(24)20-43(28)35(49)30(36(2,3)4)42-32(46)27(21-11-7-6-8-12-21)41-31(45)26-19-37-17-18-38-26/h17-19,21-25,27-28,30H,5-16,20H2,1-4H3,(H,39,48)(H,40,47)(H,41,45)(H,42,46)/t22-,24-,25-,27-,28-,30+/m0/s1/i/hD4. The molecule has 1 saturated heterocycles. The van der Waals surface area contributed by atoms with Gasteiger partial charge in [-0.3, -0.25) is 33.8 Å². The first-order chi connectivity index (χ1) is 25.1. The van der Waals surface area contributed by atoms with Crippen LogP contribution in [0.2, 0.25) is 5.65 Å². The fourth-order valence-corrected chi connectivity index (χ4v) is 7.58. The number of fused-ring (bicyclic) bond motifs is 1. The molecule has 3 saturated carbocycles. The molecule has 1 aromatic heterocycles. The quantitative estimate of drug-likeness (QED) is 0.229. The van der Waals surface area contributed by atoms with E-state index in [1.165, 1.54) is 23.5 Å². The number of hydrogen-bond acceptors (Lipinski definition) is 8. The lowest BCUT2D eigenvalue weighted by atomic mass is 9.82. The summed E-state index contributed by atoms with van der Waals surface area (Å²) in [5.41, 5.74) is -1.18. The van der Waals surface area contributed by atoms with Crippen LogP contribution in [0, 0.1) is 23.2 Å². The number of likely N-dealkylation sites (tertiary alicyclic amines) is 1. The zero-order valence-corrected chi connectivity index (χ0v) is 29.1. The summed E-state index contributed by atoms with van der Waals surface area (Å²) < 4.78 is 35.1. The van der Waals surface area contributed by atoms with Crippen LogP contribution in [0.1, 0.15) is 115 Å². The van der Waals surface area contributed by atoms with E-state index < -0.39 is 70.8 Å². The summed E-state index contributed by atoms with van der Waals surface area (Å²) in [6.07, 6.45) is 11.2. The zero-order chi connectivity index (χ0) is 38.8. The molecule has 1 aromatic rings. The van der Waals surface area contributed by atoms with Crippen molar-refractivity contribution < 1.29 is 34.4 Å². The Morgan fingerprint density at radius 1 is 0.939 bits per heavy atom. The molecule has 4 aliphatic rings. The van der Waals surface area contributed by atoms with Gasteiger partial charge in [0, 0.05) is 25.0 Å². The lowest BCUT2D eigenvalue weighted by Crippen LogP contribution is -2.62. The van der Waals surface area contributed by atoms with Crippen LogP contribution in [0.3, 0.4) is 0 Å². The van der Waals surface area contributed by atoms with Crippen molar-refractivity contribution in [1.29, 1.82) is 0 Å². The molecule has 0 unspecified atom stereocenters. The molecule has 268 valence electrons. The molecule has 4 fully saturated rings. The molecule has 0 bridgehead atoms. The molecule has 0 aromatic carbocycles. The van der Waals surface area contributed by atoms with Crippen molar-refractivity contribution in [3.63, 3.8) is 0 Å². The Hall–Kier alpha value is -3.90. The average molecular weight is 684 g/mol. The zero-order valence-electron chi connectivity index (χ0n) is 33.1. The van der Waals surface area contributed by atoms with E-state index in [1.807, 2.05) is 0 Å². The van der Waals surface area contributed by atoms with E-state index in [0.717, 1.165) is 32.1 Å². The second-order valence-corrected chi connectivity index (χ2v) is 15.2. The maximum absolute atomic E-state index is 14.8. The van der Waals surface area contributed by atoms with E-state index in [4.69, 9.17) is 4.24 Å². The molecule has 13 heteroatoms. The van der Waals surface area contributed by atoms with Crippen LogP contribution in [0.15, 0.2) is 18.6 Å². The number of amides is 5. The summed E-state index contributed by atoms with van der Waals surface area (Å²) in [7, 11) is 0. The highest BCUT2D eigenvalue weighted by atomic mass is 16.2. The van der Waals surface area contributed by atoms with Crippen molar-refractivity contribution in [2.24, 2.45) is 23.2 Å². The number of carbonyl (C=O) groups excluding carboxylic acids is 6. The second-order valence-electron chi connectivity index (χ2n) is 15.2. The van der Waals surface area contributed by atoms with Crippen molar-refractivity contribution in [2.75, 3.05) is 6.54 Å². The van der Waals surface area contributed by atoms with Gasteiger partial charge in [-0.1, -0.05) is 59.8 Å². The van der Waals surface area contributed by atoms with Gasteiger partial charge in [-0.05, 0) is 68.1 Å². The van der Waals surface area contributed by atoms with E-state index in [0.29, 0.717) is 59.8 Å². The molecule has 4 N–H and O–H groups in total. The molecule has 1 aliphatic heterocycles. The van der Waals surface area contributed by atoms with Crippen LogP contribution >= 0.6 is 0 Å². The van der Waals surface area contributed by atoms with Crippen molar-refractivity contribution in [3.05, 3.63) is 24.3 Å². The number of carbonyl (C=O) groups is 6. The van der Waals surface area contributed by atoms with Gasteiger partial charge >= 0.3 is 0 Å². The Morgan fingerprint density at radius 2 is 1.67 bits per heavy atom. The Kier molecular flexibility index (Phi) is 10.0. The van der Waals surface area contributed by atoms with Crippen molar-refractivity contribution in [3.8, 4) is 0 Å². The summed E-state index contributed by atoms with van der Waals surface area (Å²) in [4.78, 5) is 92.7. The van der Waals surface area contributed by atoms with Gasteiger partial charge in [-0.2, -0.15) is 0 Å². The lowest BCUT2D eigenvalue weighted by molar-refractivity contribution is -0.146. The van der Waals surface area contributed by atoms with Gasteiger partial charge in [0.2, 0.25) is 23.5 Å². The van der Waals surface area contributed by atoms with Crippen molar-refractivity contribution in [1.82, 2.24) is 36.1 Å². The molecule has 3 aliphatic carbocycles. The van der Waals surface area contributed by atoms with Crippen LogP contribution in [0.25, 0.3) is 0 Å². The first kappa shape index (κ1) is 31.1. The highest BCUT2D eigenvalue weighted by molar-refractivity contribution is 6.38. The van der Waals surface area contributed by atoms with Gasteiger partial charge in [0.25, 0.3) is 11.8 Å². The average Bonchev–Trinajstić information content (AvgIpc) is 3.79. The predicted octanol–water partition coefficient (Wildman–Crippen LogP) is 2.45. The summed E-state index contributed by atoms with van der Waals surface area (Å²) in [6, 6.07) is -5.80. The molecular formula is C36H53N7O6. The Balaban J connectivity index is 1.44. The highest BCUT2D eigenvalue weighted by Crippen LogP contribution is 2.43.